The number of ether oxygens (including phenoxy) is 1. The summed E-state index contributed by atoms with van der Waals surface area (Å²) in [7, 11) is 1.24. The van der Waals surface area contributed by atoms with Gasteiger partial charge in [0, 0.05) is 9.78 Å². The Morgan fingerprint density at radius 1 is 1.14 bits per heavy atom. The Bertz CT molecular complexity index is 987. The van der Waals surface area contributed by atoms with Crippen LogP contribution in [0, 0.1) is 9.49 Å². The van der Waals surface area contributed by atoms with E-state index in [2.05, 4.69) is 32.9 Å². The Hall–Kier alpha value is -3.08. The summed E-state index contributed by atoms with van der Waals surface area (Å²) in [5, 5.41) is 2.15. The number of imide groups is 2. The molecule has 3 rings (SSSR count). The largest absolute Gasteiger partial charge is 0.465 e. The van der Waals surface area contributed by atoms with Gasteiger partial charge in [-0.3, -0.25) is 19.9 Å². The molecular weight excluding hydrogens is 477 g/mol. The first kappa shape index (κ1) is 19.7. The third kappa shape index (κ3) is 3.93. The Morgan fingerprint density at radius 3 is 2.50 bits per heavy atom. The van der Waals surface area contributed by atoms with Gasteiger partial charge in [-0.25, -0.2) is 14.5 Å². The highest BCUT2D eigenvalue weighted by Gasteiger charge is 2.40. The van der Waals surface area contributed by atoms with Crippen LogP contribution in [-0.4, -0.2) is 37.1 Å². The molecule has 0 unspecified atom stereocenters. The highest BCUT2D eigenvalue weighted by molar-refractivity contribution is 14.1. The minimum absolute atomic E-state index is 0.190. The van der Waals surface area contributed by atoms with Gasteiger partial charge in [-0.1, -0.05) is 12.1 Å². The molecule has 0 aliphatic carbocycles. The number of nitrogens with one attached hydrogen (secondary N) is 1. The molecule has 1 aliphatic heterocycles. The lowest BCUT2D eigenvalue weighted by atomic mass is 10.1. The molecule has 1 saturated heterocycles. The van der Waals surface area contributed by atoms with Gasteiger partial charge in [0.05, 0.1) is 24.0 Å². The summed E-state index contributed by atoms with van der Waals surface area (Å²) in [5.41, 5.74) is 0.770. The molecule has 1 fully saturated rings. The van der Waals surface area contributed by atoms with Gasteiger partial charge >= 0.3 is 12.0 Å². The molecular formula is C19H14IN3O5. The van der Waals surface area contributed by atoms with E-state index in [0.717, 1.165) is 14.7 Å². The summed E-state index contributed by atoms with van der Waals surface area (Å²) >= 11 is 2.10. The number of esters is 1. The number of aliphatic imine (C=N–C) groups is 1. The topological polar surface area (TPSA) is 105 Å². The van der Waals surface area contributed by atoms with Crippen LogP contribution in [0.2, 0.25) is 0 Å². The van der Waals surface area contributed by atoms with Crippen molar-refractivity contribution in [2.24, 2.45) is 10.9 Å². The smallest absolute Gasteiger partial charge is 0.340 e. The maximum absolute atomic E-state index is 12.8. The molecule has 0 radical (unpaired) electrons. The van der Waals surface area contributed by atoms with Crippen LogP contribution < -0.4 is 10.2 Å². The summed E-state index contributed by atoms with van der Waals surface area (Å²) < 4.78 is 5.63. The molecule has 28 heavy (non-hydrogen) atoms. The van der Waals surface area contributed by atoms with Gasteiger partial charge in [0.15, 0.2) is 5.92 Å². The number of carbonyl (C=O) groups is 4. The molecule has 1 N–H and O–H groups in total. The van der Waals surface area contributed by atoms with E-state index in [4.69, 9.17) is 4.74 Å². The standard InChI is InChI=1S/C19H14IN3O5/c1-28-18(26)13-4-2-3-5-15(13)21-10-14-16(24)22-19(27)23(17(14)25)12-8-6-11(20)7-9-12/h2-10,14H,1H3,(H,22,24,27)/t14-/m1/s1. The summed E-state index contributed by atoms with van der Waals surface area (Å²) in [6.07, 6.45) is 1.12. The van der Waals surface area contributed by atoms with E-state index in [9.17, 15) is 19.2 Å². The SMILES string of the molecule is COC(=O)c1ccccc1N=C[C@@H]1C(=O)NC(=O)N(c2ccc(I)cc2)C1=O. The molecule has 0 saturated carbocycles. The molecule has 4 amide bonds. The van der Waals surface area contributed by atoms with E-state index in [1.807, 2.05) is 0 Å². The number of hydrogen-bond donors (Lipinski definition) is 1. The van der Waals surface area contributed by atoms with E-state index < -0.39 is 29.7 Å². The van der Waals surface area contributed by atoms with E-state index >= 15 is 0 Å². The number of nitrogens with zero attached hydrogens (tertiary/aromatic N) is 2. The zero-order valence-corrected chi connectivity index (χ0v) is 16.7. The fourth-order valence-electron chi connectivity index (χ4n) is 2.58. The van der Waals surface area contributed by atoms with E-state index in [1.165, 1.54) is 13.2 Å². The van der Waals surface area contributed by atoms with Crippen molar-refractivity contribution in [3.63, 3.8) is 0 Å². The number of halogens is 1. The Kier molecular flexibility index (Phi) is 5.83. The van der Waals surface area contributed by atoms with Gasteiger partial charge in [0.25, 0.3) is 5.91 Å². The van der Waals surface area contributed by atoms with Crippen molar-refractivity contribution in [3.8, 4) is 0 Å². The molecule has 142 valence electrons. The summed E-state index contributed by atoms with van der Waals surface area (Å²) in [6, 6.07) is 12.2. The lowest BCUT2D eigenvalue weighted by molar-refractivity contribution is -0.131. The van der Waals surface area contributed by atoms with Crippen molar-refractivity contribution in [2.75, 3.05) is 12.0 Å². The van der Waals surface area contributed by atoms with Gasteiger partial charge in [0.1, 0.15) is 0 Å². The highest BCUT2D eigenvalue weighted by atomic mass is 127. The molecule has 1 atom stereocenters. The third-order valence-electron chi connectivity index (χ3n) is 3.96. The second-order valence-corrected chi connectivity index (χ2v) is 6.95. The van der Waals surface area contributed by atoms with Crippen LogP contribution in [0.25, 0.3) is 0 Å². The average molecular weight is 491 g/mol. The quantitative estimate of drug-likeness (QED) is 0.307. The zero-order valence-electron chi connectivity index (χ0n) is 14.6. The first-order valence-electron chi connectivity index (χ1n) is 8.08. The van der Waals surface area contributed by atoms with Gasteiger partial charge in [-0.15, -0.1) is 0 Å². The van der Waals surface area contributed by atoms with Gasteiger partial charge < -0.3 is 4.74 Å². The van der Waals surface area contributed by atoms with Crippen molar-refractivity contribution >= 4 is 64.0 Å². The number of carbonyl (C=O) groups excluding carboxylic acids is 4. The van der Waals surface area contributed by atoms with Crippen LogP contribution in [0.5, 0.6) is 0 Å². The minimum Gasteiger partial charge on any atom is -0.465 e. The van der Waals surface area contributed by atoms with Crippen LogP contribution in [0.3, 0.4) is 0 Å². The maximum Gasteiger partial charge on any atom is 0.340 e. The second kappa shape index (κ2) is 8.30. The molecule has 1 heterocycles. The van der Waals surface area contributed by atoms with Crippen LogP contribution in [0.1, 0.15) is 10.4 Å². The lowest BCUT2D eigenvalue weighted by Crippen LogP contribution is -2.58. The zero-order chi connectivity index (χ0) is 20.3. The van der Waals surface area contributed by atoms with Crippen LogP contribution >= 0.6 is 22.6 Å². The van der Waals surface area contributed by atoms with Crippen LogP contribution in [0.4, 0.5) is 16.2 Å². The van der Waals surface area contributed by atoms with Gasteiger partial charge in [-0.05, 0) is 59.0 Å². The minimum atomic E-state index is -1.32. The van der Waals surface area contributed by atoms with Crippen molar-refractivity contribution < 1.29 is 23.9 Å². The summed E-state index contributed by atoms with van der Waals surface area (Å²) in [6.45, 7) is 0. The Labute approximate surface area is 173 Å². The fourth-order valence-corrected chi connectivity index (χ4v) is 2.94. The van der Waals surface area contributed by atoms with Gasteiger partial charge in [-0.2, -0.15) is 0 Å². The predicted octanol–water partition coefficient (Wildman–Crippen LogP) is 2.68. The van der Waals surface area contributed by atoms with Crippen molar-refractivity contribution in [3.05, 3.63) is 57.7 Å². The number of anilines is 1. The van der Waals surface area contributed by atoms with Crippen molar-refractivity contribution in [2.45, 2.75) is 0 Å². The Morgan fingerprint density at radius 2 is 1.82 bits per heavy atom. The highest BCUT2D eigenvalue weighted by Crippen LogP contribution is 2.23. The molecule has 2 aromatic carbocycles. The summed E-state index contributed by atoms with van der Waals surface area (Å²) in [5.74, 6) is -3.42. The predicted molar refractivity (Wildman–Crippen MR) is 110 cm³/mol. The van der Waals surface area contributed by atoms with Crippen molar-refractivity contribution in [1.82, 2.24) is 5.32 Å². The Balaban J connectivity index is 1.91. The summed E-state index contributed by atoms with van der Waals surface area (Å²) in [4.78, 5) is 54.0. The number of benzene rings is 2. The number of rotatable bonds is 4. The number of para-hydroxylation sites is 1. The third-order valence-corrected chi connectivity index (χ3v) is 4.68. The fraction of sp³-hybridized carbons (Fsp3) is 0.105. The number of methoxy groups -OCH3 is 1. The first-order valence-corrected chi connectivity index (χ1v) is 9.16. The van der Waals surface area contributed by atoms with Crippen LogP contribution in [-0.2, 0) is 14.3 Å². The molecule has 0 bridgehead atoms. The molecule has 9 heteroatoms. The van der Waals surface area contributed by atoms with E-state index in [0.29, 0.717) is 5.69 Å². The number of urea groups is 1. The number of hydrogen-bond acceptors (Lipinski definition) is 6. The van der Waals surface area contributed by atoms with Crippen molar-refractivity contribution in [1.29, 1.82) is 0 Å². The van der Waals surface area contributed by atoms with Gasteiger partial charge in [0.2, 0.25) is 5.91 Å². The van der Waals surface area contributed by atoms with Crippen LogP contribution in [0.15, 0.2) is 53.5 Å². The molecule has 2 aromatic rings. The maximum atomic E-state index is 12.8. The average Bonchev–Trinajstić information content (AvgIpc) is 2.68. The lowest BCUT2D eigenvalue weighted by Gasteiger charge is -2.28. The number of barbiturate groups is 1. The normalized spacial score (nSPS) is 17.0. The number of amides is 4. The molecule has 1 aliphatic rings. The van der Waals surface area contributed by atoms with E-state index in [-0.39, 0.29) is 11.3 Å². The second-order valence-electron chi connectivity index (χ2n) is 5.71. The van der Waals surface area contributed by atoms with E-state index in [1.54, 1.807) is 42.5 Å². The molecule has 0 aromatic heterocycles. The monoisotopic (exact) mass is 491 g/mol. The molecule has 8 nitrogen and oxygen atoms in total. The first-order chi connectivity index (χ1) is 13.4. The molecule has 0 spiro atoms.